The van der Waals surface area contributed by atoms with E-state index >= 15 is 0 Å². The number of imidazole rings is 1. The van der Waals surface area contributed by atoms with Gasteiger partial charge in [0.2, 0.25) is 0 Å². The van der Waals surface area contributed by atoms with Crippen LogP contribution in [0.2, 0.25) is 5.02 Å². The monoisotopic (exact) mass is 307 g/mol. The number of hydrogen-bond donors (Lipinski definition) is 1. The van der Waals surface area contributed by atoms with Crippen molar-refractivity contribution in [1.29, 1.82) is 0 Å². The number of aromatic nitrogens is 2. The molecule has 21 heavy (non-hydrogen) atoms. The molecule has 0 unspecified atom stereocenters. The smallest absolute Gasteiger partial charge is 0.159 e. The molecule has 0 spiro atoms. The number of halogens is 3. The molecule has 0 bridgehead atoms. The summed E-state index contributed by atoms with van der Waals surface area (Å²) < 4.78 is 27.7. The number of hydrogen-bond acceptors (Lipinski definition) is 2. The van der Waals surface area contributed by atoms with Gasteiger partial charge in [0.25, 0.3) is 0 Å². The molecule has 6 heteroatoms. The van der Waals surface area contributed by atoms with Gasteiger partial charge in [-0.2, -0.15) is 0 Å². The first kappa shape index (κ1) is 14.0. The highest BCUT2D eigenvalue weighted by Gasteiger charge is 2.04. The molecule has 0 aliphatic carbocycles. The van der Waals surface area contributed by atoms with E-state index in [1.54, 1.807) is 18.3 Å². The van der Waals surface area contributed by atoms with Crippen LogP contribution in [0.15, 0.2) is 42.7 Å². The molecule has 3 nitrogen and oxygen atoms in total. The van der Waals surface area contributed by atoms with Crippen molar-refractivity contribution in [1.82, 2.24) is 14.7 Å². The van der Waals surface area contributed by atoms with E-state index in [2.05, 4.69) is 10.3 Å². The lowest BCUT2D eigenvalue weighted by Crippen LogP contribution is -2.13. The lowest BCUT2D eigenvalue weighted by atomic mass is 10.2. The molecule has 3 aromatic rings. The summed E-state index contributed by atoms with van der Waals surface area (Å²) in [7, 11) is 0. The molecule has 2 heterocycles. The van der Waals surface area contributed by atoms with Gasteiger partial charge in [-0.25, -0.2) is 13.8 Å². The molecule has 3 rings (SSSR count). The Morgan fingerprint density at radius 1 is 1.05 bits per heavy atom. The maximum atomic E-state index is 13.1. The summed E-state index contributed by atoms with van der Waals surface area (Å²) in [5, 5.41) is 3.78. The van der Waals surface area contributed by atoms with Crippen molar-refractivity contribution in [3.8, 4) is 0 Å². The molecular weight excluding hydrogens is 296 g/mol. The number of nitrogens with zero attached hydrogens (tertiary/aromatic N) is 2. The third kappa shape index (κ3) is 3.20. The lowest BCUT2D eigenvalue weighted by molar-refractivity contribution is 0.506. The average molecular weight is 308 g/mol. The highest BCUT2D eigenvalue weighted by Crippen LogP contribution is 2.12. The Bertz CT molecular complexity index is 786. The van der Waals surface area contributed by atoms with Gasteiger partial charge in [0, 0.05) is 25.5 Å². The van der Waals surface area contributed by atoms with Gasteiger partial charge >= 0.3 is 0 Å². The van der Waals surface area contributed by atoms with Crippen molar-refractivity contribution in [2.24, 2.45) is 0 Å². The fourth-order valence-electron chi connectivity index (χ4n) is 2.09. The number of pyridine rings is 1. The molecule has 2 aromatic heterocycles. The summed E-state index contributed by atoms with van der Waals surface area (Å²) in [6, 6.07) is 7.48. The molecule has 0 saturated carbocycles. The SMILES string of the molecule is Fc1ccc(CNCc2cn3cc(Cl)ccc3n2)cc1F. The fraction of sp³-hybridized carbons (Fsp3) is 0.133. The molecule has 0 atom stereocenters. The maximum Gasteiger partial charge on any atom is 0.159 e. The number of rotatable bonds is 4. The Kier molecular flexibility index (Phi) is 3.86. The minimum atomic E-state index is -0.837. The van der Waals surface area contributed by atoms with Crippen molar-refractivity contribution in [3.05, 3.63) is 70.6 Å². The van der Waals surface area contributed by atoms with E-state index in [1.165, 1.54) is 6.07 Å². The molecule has 0 aliphatic heterocycles. The van der Waals surface area contributed by atoms with Gasteiger partial charge in [0.05, 0.1) is 10.7 Å². The molecule has 1 N–H and O–H groups in total. The molecular formula is C15H12ClF2N3. The van der Waals surface area contributed by atoms with Crippen LogP contribution in [0.3, 0.4) is 0 Å². The minimum absolute atomic E-state index is 0.436. The topological polar surface area (TPSA) is 29.3 Å². The second kappa shape index (κ2) is 5.79. The summed E-state index contributed by atoms with van der Waals surface area (Å²) in [4.78, 5) is 4.42. The van der Waals surface area contributed by atoms with Crippen molar-refractivity contribution in [3.63, 3.8) is 0 Å². The molecule has 0 radical (unpaired) electrons. The van der Waals surface area contributed by atoms with Crippen LogP contribution in [0.5, 0.6) is 0 Å². The Hall–Kier alpha value is -1.98. The van der Waals surface area contributed by atoms with E-state index in [0.717, 1.165) is 17.4 Å². The quantitative estimate of drug-likeness (QED) is 0.798. The van der Waals surface area contributed by atoms with E-state index in [1.807, 2.05) is 16.7 Å². The van der Waals surface area contributed by atoms with Crippen LogP contribution in [0.25, 0.3) is 5.65 Å². The molecule has 0 saturated heterocycles. The van der Waals surface area contributed by atoms with E-state index in [9.17, 15) is 8.78 Å². The Morgan fingerprint density at radius 3 is 2.71 bits per heavy atom. The molecule has 1 aromatic carbocycles. The van der Waals surface area contributed by atoms with E-state index in [4.69, 9.17) is 11.6 Å². The van der Waals surface area contributed by atoms with Crippen LogP contribution in [0, 0.1) is 11.6 Å². The van der Waals surface area contributed by atoms with Crippen molar-refractivity contribution in [2.75, 3.05) is 0 Å². The van der Waals surface area contributed by atoms with Crippen LogP contribution >= 0.6 is 11.6 Å². The Morgan fingerprint density at radius 2 is 1.90 bits per heavy atom. The highest BCUT2D eigenvalue weighted by molar-refractivity contribution is 6.30. The Balaban J connectivity index is 1.64. The standard InChI is InChI=1S/C15H12ClF2N3/c16-11-2-4-15-20-12(9-21(15)8-11)7-19-6-10-1-3-13(17)14(18)5-10/h1-5,8-9,19H,6-7H2. The normalized spacial score (nSPS) is 11.2. The van der Waals surface area contributed by atoms with Crippen LogP contribution in [0.1, 0.15) is 11.3 Å². The lowest BCUT2D eigenvalue weighted by Gasteiger charge is -2.03. The van der Waals surface area contributed by atoms with Crippen molar-refractivity contribution < 1.29 is 8.78 Å². The van der Waals surface area contributed by atoms with E-state index in [0.29, 0.717) is 23.7 Å². The molecule has 0 aliphatic rings. The summed E-state index contributed by atoms with van der Waals surface area (Å²) in [5.74, 6) is -1.67. The predicted molar refractivity (Wildman–Crippen MR) is 77.1 cm³/mol. The highest BCUT2D eigenvalue weighted by atomic mass is 35.5. The van der Waals surface area contributed by atoms with Gasteiger partial charge < -0.3 is 9.72 Å². The van der Waals surface area contributed by atoms with Gasteiger partial charge in [-0.3, -0.25) is 0 Å². The third-order valence-electron chi connectivity index (χ3n) is 3.08. The van der Waals surface area contributed by atoms with Crippen molar-refractivity contribution >= 4 is 17.2 Å². The first-order chi connectivity index (χ1) is 10.1. The summed E-state index contributed by atoms with van der Waals surface area (Å²) in [5.41, 5.74) is 2.34. The first-order valence-electron chi connectivity index (χ1n) is 6.39. The summed E-state index contributed by atoms with van der Waals surface area (Å²) in [6.07, 6.45) is 3.65. The predicted octanol–water partition coefficient (Wildman–Crippen LogP) is 3.56. The third-order valence-corrected chi connectivity index (χ3v) is 3.31. The second-order valence-electron chi connectivity index (χ2n) is 4.70. The number of fused-ring (bicyclic) bond motifs is 1. The van der Waals surface area contributed by atoms with Gasteiger partial charge in [0.1, 0.15) is 5.65 Å². The van der Waals surface area contributed by atoms with Crippen LogP contribution in [-0.4, -0.2) is 9.38 Å². The zero-order chi connectivity index (χ0) is 14.8. The number of benzene rings is 1. The van der Waals surface area contributed by atoms with Gasteiger partial charge in [0.15, 0.2) is 11.6 Å². The summed E-state index contributed by atoms with van der Waals surface area (Å²) in [6.45, 7) is 0.962. The maximum absolute atomic E-state index is 13.1. The van der Waals surface area contributed by atoms with Crippen LogP contribution in [-0.2, 0) is 13.1 Å². The van der Waals surface area contributed by atoms with E-state index < -0.39 is 11.6 Å². The second-order valence-corrected chi connectivity index (χ2v) is 5.13. The first-order valence-corrected chi connectivity index (χ1v) is 6.77. The molecule has 108 valence electrons. The number of nitrogens with one attached hydrogen (secondary N) is 1. The van der Waals surface area contributed by atoms with Gasteiger partial charge in [-0.1, -0.05) is 17.7 Å². The summed E-state index contributed by atoms with van der Waals surface area (Å²) >= 11 is 5.91. The Labute approximate surface area is 125 Å². The minimum Gasteiger partial charge on any atom is -0.307 e. The fourth-order valence-corrected chi connectivity index (χ4v) is 2.26. The average Bonchev–Trinajstić information content (AvgIpc) is 2.84. The van der Waals surface area contributed by atoms with Gasteiger partial charge in [-0.05, 0) is 29.8 Å². The largest absolute Gasteiger partial charge is 0.307 e. The molecule has 0 fully saturated rings. The zero-order valence-corrected chi connectivity index (χ0v) is 11.7. The van der Waals surface area contributed by atoms with Gasteiger partial charge in [-0.15, -0.1) is 0 Å². The molecule has 0 amide bonds. The van der Waals surface area contributed by atoms with E-state index in [-0.39, 0.29) is 0 Å². The van der Waals surface area contributed by atoms with Crippen LogP contribution < -0.4 is 5.32 Å². The van der Waals surface area contributed by atoms with Crippen LogP contribution in [0.4, 0.5) is 8.78 Å². The van der Waals surface area contributed by atoms with Crippen molar-refractivity contribution in [2.45, 2.75) is 13.1 Å². The zero-order valence-electron chi connectivity index (χ0n) is 11.0.